The van der Waals surface area contributed by atoms with Gasteiger partial charge in [0.2, 0.25) is 0 Å². The molecule has 1 aromatic heterocycles. The van der Waals surface area contributed by atoms with Crippen LogP contribution in [0.25, 0.3) is 0 Å². The minimum Gasteiger partial charge on any atom is -0.314 e. The van der Waals surface area contributed by atoms with Crippen LogP contribution in [0.2, 0.25) is 5.02 Å². The van der Waals surface area contributed by atoms with Gasteiger partial charge in [0.05, 0.1) is 11.6 Å². The molecule has 0 N–H and O–H groups in total. The normalized spacial score (nSPS) is 16.5. The van der Waals surface area contributed by atoms with Crippen molar-refractivity contribution in [1.29, 1.82) is 0 Å². The molecule has 5 nitrogen and oxygen atoms in total. The minimum absolute atomic E-state index is 0.180. The number of benzene rings is 1. The van der Waals surface area contributed by atoms with Gasteiger partial charge in [-0.05, 0) is 64.6 Å². The van der Waals surface area contributed by atoms with Crippen molar-refractivity contribution in [1.82, 2.24) is 24.6 Å². The Morgan fingerprint density at radius 3 is 2.58 bits per heavy atom. The van der Waals surface area contributed by atoms with Crippen LogP contribution < -0.4 is 0 Å². The number of hydrogen-bond acceptors (Lipinski definition) is 4. The summed E-state index contributed by atoms with van der Waals surface area (Å²) in [6.07, 6.45) is 2.10. The van der Waals surface area contributed by atoms with Crippen molar-refractivity contribution in [3.63, 3.8) is 0 Å². The Bertz CT molecular complexity index is 738. The van der Waals surface area contributed by atoms with Crippen molar-refractivity contribution in [3.8, 4) is 0 Å². The topological polar surface area (TPSA) is 37.2 Å². The van der Waals surface area contributed by atoms with E-state index in [9.17, 15) is 4.39 Å². The van der Waals surface area contributed by atoms with E-state index in [0.717, 1.165) is 62.8 Å². The Morgan fingerprint density at radius 1 is 1.23 bits per heavy atom. The molecule has 3 rings (SSSR count). The first-order valence-electron chi connectivity index (χ1n) is 9.21. The first-order valence-corrected chi connectivity index (χ1v) is 9.58. The highest BCUT2D eigenvalue weighted by Gasteiger charge is 2.26. The summed E-state index contributed by atoms with van der Waals surface area (Å²) in [5.41, 5.74) is 0.968. The minimum atomic E-state index is -0.344. The second kappa shape index (κ2) is 8.46. The predicted molar refractivity (Wildman–Crippen MR) is 102 cm³/mol. The highest BCUT2D eigenvalue weighted by molar-refractivity contribution is 6.30. The number of rotatable bonds is 6. The maximum Gasteiger partial charge on any atom is 0.147 e. The van der Waals surface area contributed by atoms with E-state index in [0.29, 0.717) is 5.92 Å². The Hall–Kier alpha value is -1.50. The first kappa shape index (κ1) is 19.3. The Balaban J connectivity index is 1.61. The lowest BCUT2D eigenvalue weighted by atomic mass is 9.95. The zero-order valence-electron chi connectivity index (χ0n) is 15.8. The average Bonchev–Trinajstić information content (AvgIpc) is 3.00. The fraction of sp³-hybridized carbons (Fsp3) is 0.579. The Kier molecular flexibility index (Phi) is 6.27. The highest BCUT2D eigenvalue weighted by atomic mass is 35.5. The van der Waals surface area contributed by atoms with Gasteiger partial charge in [-0.2, -0.15) is 0 Å². The van der Waals surface area contributed by atoms with Crippen molar-refractivity contribution in [2.45, 2.75) is 45.3 Å². The summed E-state index contributed by atoms with van der Waals surface area (Å²) in [5, 5.41) is 9.09. The number of piperidine rings is 1. The van der Waals surface area contributed by atoms with E-state index in [4.69, 9.17) is 11.6 Å². The van der Waals surface area contributed by atoms with Gasteiger partial charge in [0.1, 0.15) is 17.5 Å². The molecule has 142 valence electrons. The van der Waals surface area contributed by atoms with Crippen LogP contribution in [0.4, 0.5) is 4.39 Å². The van der Waals surface area contributed by atoms with Crippen LogP contribution in [-0.2, 0) is 19.6 Å². The molecule has 0 radical (unpaired) electrons. The Morgan fingerprint density at radius 2 is 1.96 bits per heavy atom. The lowest BCUT2D eigenvalue weighted by Crippen LogP contribution is -2.33. The molecule has 0 saturated carbocycles. The first-order chi connectivity index (χ1) is 12.5. The molecule has 1 fully saturated rings. The van der Waals surface area contributed by atoms with Crippen molar-refractivity contribution >= 4 is 11.6 Å². The van der Waals surface area contributed by atoms with Crippen LogP contribution in [-0.4, -0.2) is 51.7 Å². The molecule has 2 heterocycles. The molecule has 0 spiro atoms. The summed E-state index contributed by atoms with van der Waals surface area (Å²) in [4.78, 5) is 4.49. The number of likely N-dealkylation sites (tertiary alicyclic amines) is 1. The van der Waals surface area contributed by atoms with Crippen LogP contribution >= 0.6 is 11.6 Å². The van der Waals surface area contributed by atoms with E-state index in [1.807, 2.05) is 20.2 Å². The molecule has 26 heavy (non-hydrogen) atoms. The van der Waals surface area contributed by atoms with Crippen LogP contribution in [0.1, 0.15) is 42.9 Å². The van der Waals surface area contributed by atoms with Crippen LogP contribution in [0.3, 0.4) is 0 Å². The second-order valence-corrected chi connectivity index (χ2v) is 7.66. The van der Waals surface area contributed by atoms with Gasteiger partial charge in [-0.1, -0.05) is 17.7 Å². The molecule has 0 bridgehead atoms. The van der Waals surface area contributed by atoms with E-state index < -0.39 is 0 Å². The maximum absolute atomic E-state index is 13.6. The molecule has 1 aliphatic heterocycles. The molecule has 2 aromatic rings. The summed E-state index contributed by atoms with van der Waals surface area (Å²) in [6.45, 7) is 6.57. The van der Waals surface area contributed by atoms with E-state index in [-0.39, 0.29) is 10.8 Å². The molecule has 1 aromatic carbocycles. The molecular formula is C19H27ClFN5. The summed E-state index contributed by atoms with van der Waals surface area (Å²) >= 11 is 5.77. The van der Waals surface area contributed by atoms with E-state index in [2.05, 4.69) is 31.5 Å². The van der Waals surface area contributed by atoms with E-state index in [1.165, 1.54) is 6.07 Å². The Labute approximate surface area is 159 Å². The lowest BCUT2D eigenvalue weighted by molar-refractivity contribution is 0.199. The van der Waals surface area contributed by atoms with E-state index in [1.54, 1.807) is 6.07 Å². The van der Waals surface area contributed by atoms with Crippen LogP contribution in [0, 0.1) is 5.82 Å². The van der Waals surface area contributed by atoms with Gasteiger partial charge in [-0.15, -0.1) is 10.2 Å². The van der Waals surface area contributed by atoms with Gasteiger partial charge < -0.3 is 9.47 Å². The number of aromatic nitrogens is 3. The second-order valence-electron chi connectivity index (χ2n) is 7.26. The largest absolute Gasteiger partial charge is 0.314 e. The van der Waals surface area contributed by atoms with Crippen LogP contribution in [0.5, 0.6) is 0 Å². The summed E-state index contributed by atoms with van der Waals surface area (Å²) < 4.78 is 15.9. The summed E-state index contributed by atoms with van der Waals surface area (Å²) in [5.74, 6) is 2.24. The smallest absolute Gasteiger partial charge is 0.147 e. The molecular weight excluding hydrogens is 353 g/mol. The van der Waals surface area contributed by atoms with Crippen molar-refractivity contribution in [2.24, 2.45) is 0 Å². The third-order valence-electron chi connectivity index (χ3n) is 4.97. The fourth-order valence-electron chi connectivity index (χ4n) is 3.64. The van der Waals surface area contributed by atoms with Gasteiger partial charge in [0, 0.05) is 19.0 Å². The zero-order valence-corrected chi connectivity index (χ0v) is 16.5. The van der Waals surface area contributed by atoms with Gasteiger partial charge >= 0.3 is 0 Å². The maximum atomic E-state index is 13.6. The third kappa shape index (κ3) is 4.42. The third-order valence-corrected chi connectivity index (χ3v) is 5.28. The number of halogens is 2. The van der Waals surface area contributed by atoms with Gasteiger partial charge in [-0.3, -0.25) is 4.90 Å². The SMILES string of the molecule is CCn1c(CN(C)C)nnc1C1CCN(Cc2ccc(Cl)c(F)c2)CC1. The monoisotopic (exact) mass is 379 g/mol. The van der Waals surface area contributed by atoms with Crippen LogP contribution in [0.15, 0.2) is 18.2 Å². The van der Waals surface area contributed by atoms with Crippen molar-refractivity contribution in [2.75, 3.05) is 27.2 Å². The predicted octanol–water partition coefficient (Wildman–Crippen LogP) is 3.53. The molecule has 0 aliphatic carbocycles. The fourth-order valence-corrected chi connectivity index (χ4v) is 3.76. The lowest BCUT2D eigenvalue weighted by Gasteiger charge is -2.31. The van der Waals surface area contributed by atoms with Crippen molar-refractivity contribution in [3.05, 3.63) is 46.3 Å². The van der Waals surface area contributed by atoms with Crippen molar-refractivity contribution < 1.29 is 4.39 Å². The molecule has 1 aliphatic rings. The standard InChI is InChI=1S/C19H27ClFN5/c1-4-26-18(13-24(2)3)22-23-19(26)15-7-9-25(10-8-15)12-14-5-6-16(20)17(21)11-14/h5-6,11,15H,4,7-10,12-13H2,1-3H3. The molecule has 7 heteroatoms. The van der Waals surface area contributed by atoms with Gasteiger partial charge in [-0.25, -0.2) is 4.39 Å². The molecule has 0 unspecified atom stereocenters. The zero-order chi connectivity index (χ0) is 18.7. The highest BCUT2D eigenvalue weighted by Crippen LogP contribution is 2.28. The summed E-state index contributed by atoms with van der Waals surface area (Å²) in [7, 11) is 4.10. The molecule has 0 amide bonds. The number of nitrogens with zero attached hydrogens (tertiary/aromatic N) is 5. The average molecular weight is 380 g/mol. The molecule has 0 atom stereocenters. The van der Waals surface area contributed by atoms with Gasteiger partial charge in [0.25, 0.3) is 0 Å². The molecule has 1 saturated heterocycles. The van der Waals surface area contributed by atoms with Gasteiger partial charge in [0.15, 0.2) is 0 Å². The quantitative estimate of drug-likeness (QED) is 0.769. The summed E-state index contributed by atoms with van der Waals surface area (Å²) in [6, 6.07) is 5.07. The van der Waals surface area contributed by atoms with E-state index >= 15 is 0 Å². The number of hydrogen-bond donors (Lipinski definition) is 0.